The van der Waals surface area contributed by atoms with Gasteiger partial charge in [0.1, 0.15) is 5.82 Å². The summed E-state index contributed by atoms with van der Waals surface area (Å²) < 4.78 is 1.78. The minimum absolute atomic E-state index is 0.342. The molecule has 0 aliphatic carbocycles. The smallest absolute Gasteiger partial charge is 0.244 e. The number of aromatic nitrogens is 2. The van der Waals surface area contributed by atoms with Crippen LogP contribution in [0.1, 0.15) is 11.7 Å². The first-order valence-electron chi connectivity index (χ1n) is 5.21. The Balaban J connectivity index is 2.59. The molecule has 0 saturated heterocycles. The standard InChI is InChI=1S/C12H12N4O/c1-14-12(17)8(7-13)11-15-9-5-3-4-6-10(9)16(11)2/h3-6,8H,1-2H3,(H,14,17)/t8-/m1/s1. The maximum absolute atomic E-state index is 11.6. The van der Waals surface area contributed by atoms with Crippen LogP contribution in [0.25, 0.3) is 11.0 Å². The lowest BCUT2D eigenvalue weighted by Gasteiger charge is -2.07. The Kier molecular flexibility index (Phi) is 2.79. The van der Waals surface area contributed by atoms with Crippen molar-refractivity contribution in [1.29, 1.82) is 5.26 Å². The van der Waals surface area contributed by atoms with E-state index >= 15 is 0 Å². The lowest BCUT2D eigenvalue weighted by atomic mass is 10.1. The molecule has 0 fully saturated rings. The van der Waals surface area contributed by atoms with Crippen LogP contribution in [0.2, 0.25) is 0 Å². The Morgan fingerprint density at radius 1 is 1.53 bits per heavy atom. The van der Waals surface area contributed by atoms with Crippen LogP contribution in [0.4, 0.5) is 0 Å². The van der Waals surface area contributed by atoms with Gasteiger partial charge >= 0.3 is 0 Å². The second-order valence-corrected chi connectivity index (χ2v) is 3.69. The van der Waals surface area contributed by atoms with Crippen molar-refractivity contribution in [3.63, 3.8) is 0 Å². The third-order valence-corrected chi connectivity index (χ3v) is 2.72. The quantitative estimate of drug-likeness (QED) is 0.831. The Morgan fingerprint density at radius 3 is 2.82 bits per heavy atom. The molecule has 5 nitrogen and oxygen atoms in total. The first-order valence-corrected chi connectivity index (χ1v) is 5.21. The van der Waals surface area contributed by atoms with Crippen molar-refractivity contribution >= 4 is 16.9 Å². The third kappa shape index (κ3) is 1.74. The van der Waals surface area contributed by atoms with Crippen LogP contribution >= 0.6 is 0 Å². The number of likely N-dealkylation sites (N-methyl/N-ethyl adjacent to an activating group) is 1. The fourth-order valence-corrected chi connectivity index (χ4v) is 1.80. The summed E-state index contributed by atoms with van der Waals surface area (Å²) in [5.74, 6) is -0.753. The van der Waals surface area contributed by atoms with Crippen LogP contribution in [0.15, 0.2) is 24.3 Å². The van der Waals surface area contributed by atoms with Gasteiger partial charge < -0.3 is 9.88 Å². The minimum atomic E-state index is -0.877. The van der Waals surface area contributed by atoms with E-state index in [9.17, 15) is 4.79 Å². The lowest BCUT2D eigenvalue weighted by Crippen LogP contribution is -2.26. The van der Waals surface area contributed by atoms with Crippen LogP contribution in [0, 0.1) is 11.3 Å². The number of fused-ring (bicyclic) bond motifs is 1. The molecular formula is C12H12N4O. The van der Waals surface area contributed by atoms with Crippen molar-refractivity contribution in [1.82, 2.24) is 14.9 Å². The van der Waals surface area contributed by atoms with Crippen LogP contribution in [0.5, 0.6) is 0 Å². The number of aryl methyl sites for hydroxylation is 1. The molecular weight excluding hydrogens is 216 g/mol. The lowest BCUT2D eigenvalue weighted by molar-refractivity contribution is -0.121. The zero-order chi connectivity index (χ0) is 12.4. The highest BCUT2D eigenvalue weighted by atomic mass is 16.1. The second-order valence-electron chi connectivity index (χ2n) is 3.69. The molecule has 1 aromatic heterocycles. The SMILES string of the molecule is CNC(=O)[C@H](C#N)c1nc2ccccc2n1C. The summed E-state index contributed by atoms with van der Waals surface area (Å²) in [6, 6.07) is 9.51. The normalized spacial score (nSPS) is 12.1. The first-order chi connectivity index (χ1) is 8.19. The summed E-state index contributed by atoms with van der Waals surface area (Å²) in [6.45, 7) is 0. The molecule has 0 radical (unpaired) electrons. The molecule has 0 unspecified atom stereocenters. The predicted molar refractivity (Wildman–Crippen MR) is 63.1 cm³/mol. The summed E-state index contributed by atoms with van der Waals surface area (Å²) in [5.41, 5.74) is 1.70. The number of carbonyl (C=O) groups excluding carboxylic acids is 1. The number of nitrogens with zero attached hydrogens (tertiary/aromatic N) is 3. The third-order valence-electron chi connectivity index (χ3n) is 2.72. The minimum Gasteiger partial charge on any atom is -0.358 e. The largest absolute Gasteiger partial charge is 0.358 e. The Bertz CT molecular complexity index is 608. The molecule has 0 aliphatic heterocycles. The monoisotopic (exact) mass is 228 g/mol. The average Bonchev–Trinajstić information content (AvgIpc) is 2.68. The van der Waals surface area contributed by atoms with E-state index < -0.39 is 5.92 Å². The number of imidazole rings is 1. The molecule has 0 aliphatic rings. The highest BCUT2D eigenvalue weighted by Crippen LogP contribution is 2.20. The molecule has 17 heavy (non-hydrogen) atoms. The first kappa shape index (κ1) is 11.1. The van der Waals surface area contributed by atoms with E-state index in [0.717, 1.165) is 11.0 Å². The van der Waals surface area contributed by atoms with E-state index in [0.29, 0.717) is 5.82 Å². The van der Waals surface area contributed by atoms with Gasteiger partial charge in [0.2, 0.25) is 5.91 Å². The molecule has 0 bridgehead atoms. The zero-order valence-corrected chi connectivity index (χ0v) is 9.64. The predicted octanol–water partition coefficient (Wildman–Crippen LogP) is 0.926. The highest BCUT2D eigenvalue weighted by molar-refractivity contribution is 5.87. The van der Waals surface area contributed by atoms with Gasteiger partial charge in [-0.3, -0.25) is 4.79 Å². The number of nitriles is 1. The van der Waals surface area contributed by atoms with Gasteiger partial charge in [-0.1, -0.05) is 12.1 Å². The van der Waals surface area contributed by atoms with Gasteiger partial charge in [-0.05, 0) is 12.1 Å². The Morgan fingerprint density at radius 2 is 2.24 bits per heavy atom. The number of benzene rings is 1. The van der Waals surface area contributed by atoms with Gasteiger partial charge in [-0.25, -0.2) is 4.98 Å². The Hall–Kier alpha value is -2.35. The van der Waals surface area contributed by atoms with E-state index in [1.54, 1.807) is 11.6 Å². The van der Waals surface area contributed by atoms with Crippen molar-refractivity contribution in [3.8, 4) is 6.07 Å². The van der Waals surface area contributed by atoms with Gasteiger partial charge in [0, 0.05) is 14.1 Å². The van der Waals surface area contributed by atoms with Gasteiger partial charge in [0.25, 0.3) is 0 Å². The molecule has 1 amide bonds. The summed E-state index contributed by atoms with van der Waals surface area (Å²) in [4.78, 5) is 15.9. The highest BCUT2D eigenvalue weighted by Gasteiger charge is 2.24. The van der Waals surface area contributed by atoms with Crippen LogP contribution < -0.4 is 5.32 Å². The average molecular weight is 228 g/mol. The van der Waals surface area contributed by atoms with Crippen LogP contribution in [-0.4, -0.2) is 22.5 Å². The number of amides is 1. The molecule has 1 heterocycles. The molecule has 5 heteroatoms. The number of nitrogens with one attached hydrogen (secondary N) is 1. The van der Waals surface area contributed by atoms with Crippen molar-refractivity contribution in [3.05, 3.63) is 30.1 Å². The van der Waals surface area contributed by atoms with Gasteiger partial charge in [-0.2, -0.15) is 5.26 Å². The number of hydrogen-bond acceptors (Lipinski definition) is 3. The van der Waals surface area contributed by atoms with Crippen molar-refractivity contribution in [2.75, 3.05) is 7.05 Å². The number of rotatable bonds is 2. The van der Waals surface area contributed by atoms with E-state index in [2.05, 4.69) is 10.3 Å². The van der Waals surface area contributed by atoms with E-state index in [1.165, 1.54) is 7.05 Å². The summed E-state index contributed by atoms with van der Waals surface area (Å²) in [7, 11) is 3.31. The van der Waals surface area contributed by atoms with Crippen molar-refractivity contribution < 1.29 is 4.79 Å². The molecule has 2 aromatic rings. The maximum Gasteiger partial charge on any atom is 0.244 e. The fourth-order valence-electron chi connectivity index (χ4n) is 1.80. The fraction of sp³-hybridized carbons (Fsp3) is 0.250. The van der Waals surface area contributed by atoms with E-state index in [-0.39, 0.29) is 5.91 Å². The summed E-state index contributed by atoms with van der Waals surface area (Å²) in [6.07, 6.45) is 0. The Labute approximate surface area is 98.7 Å². The number of para-hydroxylation sites is 2. The topological polar surface area (TPSA) is 70.7 Å². The zero-order valence-electron chi connectivity index (χ0n) is 9.64. The van der Waals surface area contributed by atoms with Crippen molar-refractivity contribution in [2.45, 2.75) is 5.92 Å². The second kappa shape index (κ2) is 4.26. The number of hydrogen-bond donors (Lipinski definition) is 1. The molecule has 1 aromatic carbocycles. The van der Waals surface area contributed by atoms with Crippen LogP contribution in [0.3, 0.4) is 0 Å². The van der Waals surface area contributed by atoms with Crippen LogP contribution in [-0.2, 0) is 11.8 Å². The number of carbonyl (C=O) groups is 1. The molecule has 0 spiro atoms. The molecule has 2 rings (SSSR count). The van der Waals surface area contributed by atoms with E-state index in [1.807, 2.05) is 30.3 Å². The van der Waals surface area contributed by atoms with Gasteiger partial charge in [0.05, 0.1) is 17.1 Å². The van der Waals surface area contributed by atoms with Gasteiger partial charge in [-0.15, -0.1) is 0 Å². The maximum atomic E-state index is 11.6. The summed E-state index contributed by atoms with van der Waals surface area (Å²) in [5, 5.41) is 11.5. The van der Waals surface area contributed by atoms with E-state index in [4.69, 9.17) is 5.26 Å². The molecule has 1 atom stereocenters. The molecule has 1 N–H and O–H groups in total. The summed E-state index contributed by atoms with van der Waals surface area (Å²) >= 11 is 0. The van der Waals surface area contributed by atoms with Crippen molar-refractivity contribution in [2.24, 2.45) is 7.05 Å². The van der Waals surface area contributed by atoms with Gasteiger partial charge in [0.15, 0.2) is 5.92 Å². The molecule has 86 valence electrons. The molecule has 0 saturated carbocycles.